The average Bonchev–Trinajstić information content (AvgIpc) is 2.41. The minimum Gasteiger partial charge on any atom is -0.455 e. The van der Waals surface area contributed by atoms with Gasteiger partial charge in [0, 0.05) is 12.1 Å². The fourth-order valence-electron chi connectivity index (χ4n) is 1.50. The Morgan fingerprint density at radius 1 is 1.37 bits per heavy atom. The third-order valence-corrected chi connectivity index (χ3v) is 2.45. The van der Waals surface area contributed by atoms with Gasteiger partial charge in [-0.05, 0) is 30.7 Å². The van der Waals surface area contributed by atoms with E-state index in [0.29, 0.717) is 22.8 Å². The number of nitro groups is 1. The van der Waals surface area contributed by atoms with Crippen molar-refractivity contribution in [1.29, 1.82) is 5.26 Å². The molecule has 0 saturated carbocycles. The Morgan fingerprint density at radius 2 is 2.16 bits per heavy atom. The lowest BCUT2D eigenvalue weighted by Crippen LogP contribution is -1.92. The molecule has 1 heterocycles. The van der Waals surface area contributed by atoms with Crippen molar-refractivity contribution in [3.05, 3.63) is 57.9 Å². The first-order chi connectivity index (χ1) is 9.10. The Balaban J connectivity index is 2.23. The average molecular weight is 255 g/mol. The van der Waals surface area contributed by atoms with E-state index in [4.69, 9.17) is 10.00 Å². The van der Waals surface area contributed by atoms with Crippen LogP contribution >= 0.6 is 0 Å². The molecule has 94 valence electrons. The molecule has 0 N–H and O–H groups in total. The van der Waals surface area contributed by atoms with Crippen LogP contribution in [-0.4, -0.2) is 9.91 Å². The molecule has 6 nitrogen and oxygen atoms in total. The summed E-state index contributed by atoms with van der Waals surface area (Å²) in [5.74, 6) is 0.980. The minimum atomic E-state index is -0.458. The maximum absolute atomic E-state index is 10.6. The van der Waals surface area contributed by atoms with Crippen molar-refractivity contribution in [1.82, 2.24) is 4.98 Å². The van der Waals surface area contributed by atoms with Gasteiger partial charge in [0.2, 0.25) is 0 Å². The molecular formula is C13H9N3O3. The fraction of sp³-hybridized carbons (Fsp3) is 0.0769. The predicted molar refractivity (Wildman–Crippen MR) is 66.9 cm³/mol. The maximum atomic E-state index is 10.6. The Bertz CT molecular complexity index is 660. The van der Waals surface area contributed by atoms with Gasteiger partial charge in [-0.25, -0.2) is 4.98 Å². The van der Waals surface area contributed by atoms with E-state index in [1.165, 1.54) is 30.5 Å². The van der Waals surface area contributed by atoms with Gasteiger partial charge in [0.1, 0.15) is 23.3 Å². The first kappa shape index (κ1) is 12.5. The molecule has 2 rings (SSSR count). The number of nitro benzene ring substituents is 1. The zero-order chi connectivity index (χ0) is 13.8. The molecule has 0 atom stereocenters. The largest absolute Gasteiger partial charge is 0.455 e. The normalized spacial score (nSPS) is 9.68. The van der Waals surface area contributed by atoms with Gasteiger partial charge in [-0.3, -0.25) is 10.1 Å². The smallest absolute Gasteiger partial charge is 0.269 e. The van der Waals surface area contributed by atoms with E-state index >= 15 is 0 Å². The molecule has 0 spiro atoms. The molecule has 0 bridgehead atoms. The Labute approximate surface area is 109 Å². The number of benzene rings is 1. The van der Waals surface area contributed by atoms with Gasteiger partial charge in [-0.2, -0.15) is 5.26 Å². The van der Waals surface area contributed by atoms with Crippen LogP contribution in [-0.2, 0) is 0 Å². The Morgan fingerprint density at radius 3 is 2.68 bits per heavy atom. The Kier molecular flexibility index (Phi) is 3.39. The van der Waals surface area contributed by atoms with E-state index in [1.807, 2.05) is 6.07 Å². The number of hydrogen-bond acceptors (Lipinski definition) is 5. The summed E-state index contributed by atoms with van der Waals surface area (Å²) in [5, 5.41) is 19.2. The third-order valence-electron chi connectivity index (χ3n) is 2.45. The fourth-order valence-corrected chi connectivity index (χ4v) is 1.50. The molecule has 0 saturated heterocycles. The summed E-state index contributed by atoms with van der Waals surface area (Å²) >= 11 is 0. The number of hydrogen-bond donors (Lipinski definition) is 0. The van der Waals surface area contributed by atoms with Gasteiger partial charge in [-0.15, -0.1) is 0 Å². The molecule has 19 heavy (non-hydrogen) atoms. The second-order valence-corrected chi connectivity index (χ2v) is 3.80. The molecular weight excluding hydrogens is 246 g/mol. The summed E-state index contributed by atoms with van der Waals surface area (Å²) in [6.45, 7) is 1.72. The maximum Gasteiger partial charge on any atom is 0.269 e. The highest BCUT2D eigenvalue weighted by molar-refractivity contribution is 5.44. The highest BCUT2D eigenvalue weighted by atomic mass is 16.6. The lowest BCUT2D eigenvalue weighted by atomic mass is 10.2. The van der Waals surface area contributed by atoms with Crippen LogP contribution in [0, 0.1) is 28.4 Å². The van der Waals surface area contributed by atoms with Gasteiger partial charge in [0.25, 0.3) is 5.69 Å². The van der Waals surface area contributed by atoms with E-state index in [2.05, 4.69) is 4.98 Å². The van der Waals surface area contributed by atoms with Crippen molar-refractivity contribution < 1.29 is 9.66 Å². The molecule has 0 amide bonds. The van der Waals surface area contributed by atoms with Gasteiger partial charge in [0.05, 0.1) is 11.1 Å². The van der Waals surface area contributed by atoms with Gasteiger partial charge in [-0.1, -0.05) is 0 Å². The lowest BCUT2D eigenvalue weighted by molar-refractivity contribution is -0.384. The van der Waals surface area contributed by atoms with Crippen LogP contribution in [0.25, 0.3) is 0 Å². The highest BCUT2D eigenvalue weighted by Crippen LogP contribution is 2.27. The van der Waals surface area contributed by atoms with Crippen molar-refractivity contribution >= 4 is 5.69 Å². The molecule has 0 aliphatic rings. The van der Waals surface area contributed by atoms with Crippen LogP contribution in [0.1, 0.15) is 11.3 Å². The highest BCUT2D eigenvalue weighted by Gasteiger charge is 2.09. The number of non-ortho nitro benzene ring substituents is 1. The topological polar surface area (TPSA) is 89.0 Å². The third kappa shape index (κ3) is 2.84. The number of rotatable bonds is 3. The van der Waals surface area contributed by atoms with Gasteiger partial charge in [0.15, 0.2) is 0 Å². The standard InChI is InChI=1S/C13H9N3O3/c1-9-6-11(16(17)18)3-5-13(9)19-12-4-2-10(7-14)15-8-12/h2-6,8H,1H3. The van der Waals surface area contributed by atoms with Crippen molar-refractivity contribution in [3.8, 4) is 17.6 Å². The summed E-state index contributed by atoms with van der Waals surface area (Å²) in [6.07, 6.45) is 1.43. The molecule has 0 aliphatic carbocycles. The number of aromatic nitrogens is 1. The van der Waals surface area contributed by atoms with Crippen LogP contribution in [0.2, 0.25) is 0 Å². The summed E-state index contributed by atoms with van der Waals surface area (Å²) < 4.78 is 5.55. The van der Waals surface area contributed by atoms with Gasteiger partial charge >= 0.3 is 0 Å². The molecule has 1 aromatic carbocycles. The number of aryl methyl sites for hydroxylation is 1. The molecule has 6 heteroatoms. The van der Waals surface area contributed by atoms with Crippen molar-refractivity contribution in [2.24, 2.45) is 0 Å². The summed E-state index contributed by atoms with van der Waals surface area (Å²) in [4.78, 5) is 14.0. The van der Waals surface area contributed by atoms with Gasteiger partial charge < -0.3 is 4.74 Å². The van der Waals surface area contributed by atoms with Crippen molar-refractivity contribution in [2.45, 2.75) is 6.92 Å². The second-order valence-electron chi connectivity index (χ2n) is 3.80. The zero-order valence-electron chi connectivity index (χ0n) is 10.0. The summed E-state index contributed by atoms with van der Waals surface area (Å²) in [7, 11) is 0. The van der Waals surface area contributed by atoms with Crippen molar-refractivity contribution in [3.63, 3.8) is 0 Å². The first-order valence-electron chi connectivity index (χ1n) is 5.39. The molecule has 0 unspecified atom stereocenters. The van der Waals surface area contributed by atoms with E-state index in [9.17, 15) is 10.1 Å². The molecule has 0 radical (unpaired) electrons. The molecule has 0 fully saturated rings. The minimum absolute atomic E-state index is 0.0165. The van der Waals surface area contributed by atoms with E-state index in [1.54, 1.807) is 13.0 Å². The molecule has 2 aromatic rings. The SMILES string of the molecule is Cc1cc([N+](=O)[O-])ccc1Oc1ccc(C#N)nc1. The van der Waals surface area contributed by atoms with E-state index in [0.717, 1.165) is 0 Å². The second kappa shape index (κ2) is 5.14. The summed E-state index contributed by atoms with van der Waals surface area (Å²) in [5.41, 5.74) is 0.967. The number of pyridine rings is 1. The van der Waals surface area contributed by atoms with Crippen LogP contribution in [0.4, 0.5) is 5.69 Å². The van der Waals surface area contributed by atoms with E-state index in [-0.39, 0.29) is 5.69 Å². The quantitative estimate of drug-likeness (QED) is 0.621. The zero-order valence-corrected chi connectivity index (χ0v) is 10.0. The molecule has 0 aliphatic heterocycles. The van der Waals surface area contributed by atoms with Crippen LogP contribution in [0.5, 0.6) is 11.5 Å². The van der Waals surface area contributed by atoms with Crippen LogP contribution < -0.4 is 4.74 Å². The first-order valence-corrected chi connectivity index (χ1v) is 5.39. The van der Waals surface area contributed by atoms with E-state index < -0.39 is 4.92 Å². The number of nitriles is 1. The Hall–Kier alpha value is -2.94. The predicted octanol–water partition coefficient (Wildman–Crippen LogP) is 2.96. The lowest BCUT2D eigenvalue weighted by Gasteiger charge is -2.07. The van der Waals surface area contributed by atoms with Crippen LogP contribution in [0.15, 0.2) is 36.5 Å². The monoisotopic (exact) mass is 255 g/mol. The molecule has 1 aromatic heterocycles. The number of nitrogens with zero attached hydrogens (tertiary/aromatic N) is 3. The van der Waals surface area contributed by atoms with Crippen LogP contribution in [0.3, 0.4) is 0 Å². The summed E-state index contributed by atoms with van der Waals surface area (Å²) in [6, 6.07) is 9.41. The van der Waals surface area contributed by atoms with Crippen molar-refractivity contribution in [2.75, 3.05) is 0 Å². The number of ether oxygens (including phenoxy) is 1.